The van der Waals surface area contributed by atoms with Crippen LogP contribution in [-0.4, -0.2) is 47.0 Å². The van der Waals surface area contributed by atoms with Crippen molar-refractivity contribution in [3.63, 3.8) is 0 Å². The number of carbonyl (C=O) groups is 1. The van der Waals surface area contributed by atoms with Gasteiger partial charge in [0.25, 0.3) is 5.91 Å². The number of thiophene rings is 1. The zero-order valence-electron chi connectivity index (χ0n) is 18.7. The number of amides is 1. The number of pyridine rings is 1. The number of hydrogen-bond donors (Lipinski definition) is 1. The number of nitrogens with one attached hydrogen (secondary N) is 1. The topological polar surface area (TPSA) is 103 Å². The van der Waals surface area contributed by atoms with Crippen molar-refractivity contribution < 1.29 is 31.1 Å². The van der Waals surface area contributed by atoms with Crippen LogP contribution in [0.2, 0.25) is 0 Å². The molecule has 0 bridgehead atoms. The highest BCUT2D eigenvalue weighted by molar-refractivity contribution is 7.91. The van der Waals surface area contributed by atoms with Gasteiger partial charge < -0.3 is 10.1 Å². The molecule has 1 atom stereocenters. The predicted molar refractivity (Wildman–Crippen MR) is 129 cm³/mol. The Bertz CT molecular complexity index is 1550. The molecule has 8 nitrogen and oxygen atoms in total. The third-order valence-corrected chi connectivity index (χ3v) is 8.40. The van der Waals surface area contributed by atoms with E-state index >= 15 is 0 Å². The van der Waals surface area contributed by atoms with Crippen molar-refractivity contribution in [2.45, 2.75) is 25.7 Å². The van der Waals surface area contributed by atoms with Gasteiger partial charge in [-0.2, -0.15) is 5.10 Å². The molecule has 1 fully saturated rings. The van der Waals surface area contributed by atoms with Crippen LogP contribution in [0.25, 0.3) is 21.6 Å². The zero-order chi connectivity index (χ0) is 25.7. The van der Waals surface area contributed by atoms with E-state index in [1.807, 2.05) is 17.5 Å². The fraction of sp³-hybridized carbons (Fsp3) is 0.261. The summed E-state index contributed by atoms with van der Waals surface area (Å²) in [5.74, 6) is -0.909. The summed E-state index contributed by atoms with van der Waals surface area (Å²) >= 11 is 1.43. The average Bonchev–Trinajstić information content (AvgIpc) is 3.53. The monoisotopic (exact) mass is 536 g/mol. The molecule has 1 amide bonds. The highest BCUT2D eigenvalue weighted by atomic mass is 32.2. The molecule has 5 rings (SSSR count). The lowest BCUT2D eigenvalue weighted by Gasteiger charge is -2.12. The van der Waals surface area contributed by atoms with Gasteiger partial charge in [0.15, 0.2) is 15.5 Å². The predicted octanol–water partition coefficient (Wildman–Crippen LogP) is 4.98. The molecule has 3 aromatic heterocycles. The van der Waals surface area contributed by atoms with Crippen LogP contribution in [0.5, 0.6) is 5.75 Å². The summed E-state index contributed by atoms with van der Waals surface area (Å²) < 4.78 is 66.9. The number of alkyl halides is 3. The number of ether oxygens (including phenoxy) is 1. The summed E-state index contributed by atoms with van der Waals surface area (Å²) in [6.45, 7) is 1.72. The minimum atomic E-state index is -4.82. The third-order valence-electron chi connectivity index (χ3n) is 5.76. The molecule has 0 aliphatic carbocycles. The van der Waals surface area contributed by atoms with E-state index in [2.05, 4.69) is 15.2 Å². The highest BCUT2D eigenvalue weighted by Crippen LogP contribution is 2.33. The Morgan fingerprint density at radius 1 is 1.22 bits per heavy atom. The Morgan fingerprint density at radius 3 is 2.58 bits per heavy atom. The lowest BCUT2D eigenvalue weighted by atomic mass is 10.1. The quantitative estimate of drug-likeness (QED) is 0.386. The van der Waals surface area contributed by atoms with E-state index in [1.165, 1.54) is 23.5 Å². The van der Waals surface area contributed by atoms with Gasteiger partial charge in [0.05, 0.1) is 44.8 Å². The van der Waals surface area contributed by atoms with E-state index in [-0.39, 0.29) is 22.8 Å². The van der Waals surface area contributed by atoms with Crippen LogP contribution >= 0.6 is 11.3 Å². The summed E-state index contributed by atoms with van der Waals surface area (Å²) in [5.41, 5.74) is 1.98. The fourth-order valence-corrected chi connectivity index (χ4v) is 6.58. The van der Waals surface area contributed by atoms with Crippen molar-refractivity contribution in [3.05, 3.63) is 59.1 Å². The average molecular weight is 537 g/mol. The first-order valence-corrected chi connectivity index (χ1v) is 13.5. The maximum Gasteiger partial charge on any atom is 0.573 e. The number of hydrogen-bond acceptors (Lipinski definition) is 7. The maximum absolute atomic E-state index is 13.4. The van der Waals surface area contributed by atoms with Crippen LogP contribution < -0.4 is 10.1 Å². The zero-order valence-corrected chi connectivity index (χ0v) is 20.4. The Hall–Kier alpha value is -3.45. The lowest BCUT2D eigenvalue weighted by molar-refractivity contribution is -0.274. The van der Waals surface area contributed by atoms with E-state index in [1.54, 1.807) is 17.7 Å². The normalized spacial score (nSPS) is 17.4. The number of carbonyl (C=O) groups excluding carboxylic acids is 1. The van der Waals surface area contributed by atoms with E-state index in [4.69, 9.17) is 4.98 Å². The minimum Gasteiger partial charge on any atom is -0.406 e. The smallest absolute Gasteiger partial charge is 0.406 e. The molecule has 4 aromatic rings. The Kier molecular flexibility index (Phi) is 5.99. The molecule has 0 radical (unpaired) electrons. The van der Waals surface area contributed by atoms with Crippen molar-refractivity contribution in [1.29, 1.82) is 0 Å². The van der Waals surface area contributed by atoms with Gasteiger partial charge in [-0.1, -0.05) is 6.07 Å². The standard InChI is InChI=1S/C23H19F3N4O4S2/c1-13-20-17(22(31)27-14-4-6-16(7-5-14)34-23(24,25)26)11-18(19-3-2-9-35-19)28-21(20)30(29-13)15-8-10-36(32,33)12-15/h2-7,9,11,15H,8,10,12H2,1H3,(H,27,31). The summed E-state index contributed by atoms with van der Waals surface area (Å²) in [6.07, 6.45) is -4.42. The van der Waals surface area contributed by atoms with Crippen molar-refractivity contribution in [2.24, 2.45) is 0 Å². The van der Waals surface area contributed by atoms with Crippen LogP contribution in [0, 0.1) is 6.92 Å². The summed E-state index contributed by atoms with van der Waals surface area (Å²) in [4.78, 5) is 18.9. The third kappa shape index (κ3) is 4.93. The van der Waals surface area contributed by atoms with Crippen LogP contribution in [0.3, 0.4) is 0 Å². The van der Waals surface area contributed by atoms with Crippen LogP contribution in [0.15, 0.2) is 47.8 Å². The number of anilines is 1. The molecule has 1 unspecified atom stereocenters. The van der Waals surface area contributed by atoms with Gasteiger partial charge in [-0.05, 0) is 55.1 Å². The van der Waals surface area contributed by atoms with Gasteiger partial charge in [0.1, 0.15) is 5.75 Å². The van der Waals surface area contributed by atoms with Gasteiger partial charge in [-0.25, -0.2) is 18.1 Å². The molecule has 1 saturated heterocycles. The molecule has 4 heterocycles. The summed E-state index contributed by atoms with van der Waals surface area (Å²) in [7, 11) is -3.19. The molecule has 1 N–H and O–H groups in total. The van der Waals surface area contributed by atoms with Gasteiger partial charge >= 0.3 is 6.36 Å². The second kappa shape index (κ2) is 8.89. The number of halogens is 3. The van der Waals surface area contributed by atoms with E-state index in [0.29, 0.717) is 28.8 Å². The SMILES string of the molecule is Cc1nn(C2CCS(=O)(=O)C2)c2nc(-c3cccs3)cc(C(=O)Nc3ccc(OC(F)(F)F)cc3)c12. The number of aryl methyl sites for hydroxylation is 1. The molecular weight excluding hydrogens is 517 g/mol. The molecule has 0 spiro atoms. The molecule has 1 aliphatic rings. The Balaban J connectivity index is 1.55. The number of benzene rings is 1. The van der Waals surface area contributed by atoms with Crippen molar-refractivity contribution in [1.82, 2.24) is 14.8 Å². The first-order chi connectivity index (χ1) is 17.0. The Morgan fingerprint density at radius 2 is 1.97 bits per heavy atom. The summed E-state index contributed by atoms with van der Waals surface area (Å²) in [5, 5.41) is 9.60. The van der Waals surface area contributed by atoms with Crippen molar-refractivity contribution in [2.75, 3.05) is 16.8 Å². The van der Waals surface area contributed by atoms with Gasteiger partial charge in [-0.15, -0.1) is 24.5 Å². The second-order valence-electron chi connectivity index (χ2n) is 8.34. The number of nitrogens with zero attached hydrogens (tertiary/aromatic N) is 3. The molecule has 0 saturated carbocycles. The van der Waals surface area contributed by atoms with Crippen LogP contribution in [0.1, 0.15) is 28.5 Å². The molecular formula is C23H19F3N4O4S2. The van der Waals surface area contributed by atoms with E-state index in [0.717, 1.165) is 17.0 Å². The van der Waals surface area contributed by atoms with Gasteiger partial charge in [-0.3, -0.25) is 4.79 Å². The summed E-state index contributed by atoms with van der Waals surface area (Å²) in [6, 6.07) is 9.76. The molecule has 188 valence electrons. The minimum absolute atomic E-state index is 0.0536. The van der Waals surface area contributed by atoms with Crippen molar-refractivity contribution >= 4 is 43.8 Å². The highest BCUT2D eigenvalue weighted by Gasteiger charge is 2.33. The molecule has 36 heavy (non-hydrogen) atoms. The molecule has 1 aromatic carbocycles. The van der Waals surface area contributed by atoms with Gasteiger partial charge in [0.2, 0.25) is 0 Å². The fourth-order valence-electron chi connectivity index (χ4n) is 4.20. The second-order valence-corrected chi connectivity index (χ2v) is 11.5. The van der Waals surface area contributed by atoms with Crippen molar-refractivity contribution in [3.8, 4) is 16.3 Å². The largest absolute Gasteiger partial charge is 0.573 e. The van der Waals surface area contributed by atoms with E-state index < -0.39 is 33.9 Å². The Labute approximate surface area is 207 Å². The maximum atomic E-state index is 13.4. The molecule has 1 aliphatic heterocycles. The van der Waals surface area contributed by atoms with E-state index in [9.17, 15) is 26.4 Å². The van der Waals surface area contributed by atoms with Crippen LogP contribution in [-0.2, 0) is 9.84 Å². The molecule has 13 heteroatoms. The number of fused-ring (bicyclic) bond motifs is 1. The number of sulfone groups is 1. The van der Waals surface area contributed by atoms with Crippen LogP contribution in [0.4, 0.5) is 18.9 Å². The number of aromatic nitrogens is 3. The first kappa shape index (κ1) is 24.3. The first-order valence-electron chi connectivity index (χ1n) is 10.8. The van der Waals surface area contributed by atoms with Gasteiger partial charge in [0, 0.05) is 5.69 Å². The number of rotatable bonds is 5. The lowest BCUT2D eigenvalue weighted by Crippen LogP contribution is -2.17.